The molecular weight excluding hydrogens is 552 g/mol. The minimum atomic E-state index is -1.07. The quantitative estimate of drug-likeness (QED) is 0.370. The fraction of sp³-hybridized carbons (Fsp3) is 0.469. The number of rotatable bonds is 7. The van der Waals surface area contributed by atoms with E-state index in [1.165, 1.54) is 10.5 Å². The molecule has 3 aliphatic rings. The van der Waals surface area contributed by atoms with Crippen LogP contribution in [-0.4, -0.2) is 82.6 Å². The number of fused-ring (bicyclic) bond motifs is 2. The van der Waals surface area contributed by atoms with Gasteiger partial charge in [0.2, 0.25) is 0 Å². The van der Waals surface area contributed by atoms with Gasteiger partial charge in [0.25, 0.3) is 5.91 Å². The first-order valence-electron chi connectivity index (χ1n) is 14.9. The van der Waals surface area contributed by atoms with Crippen LogP contribution in [0.4, 0.5) is 14.6 Å². The maximum absolute atomic E-state index is 16.5. The number of ether oxygens (including phenoxy) is 1. The summed E-state index contributed by atoms with van der Waals surface area (Å²) in [6, 6.07) is 7.72. The van der Waals surface area contributed by atoms with E-state index in [-0.39, 0.29) is 49.3 Å². The van der Waals surface area contributed by atoms with E-state index in [4.69, 9.17) is 9.72 Å². The molecule has 2 aromatic heterocycles. The summed E-state index contributed by atoms with van der Waals surface area (Å²) in [5.74, 6) is -2.04. The number of nitrogens with zero attached hydrogens (tertiary/aromatic N) is 7. The molecule has 0 saturated carbocycles. The predicted molar refractivity (Wildman–Crippen MR) is 159 cm³/mol. The molecule has 2 aliphatic heterocycles. The lowest BCUT2D eigenvalue weighted by Gasteiger charge is -2.41. The van der Waals surface area contributed by atoms with E-state index in [0.717, 1.165) is 56.2 Å². The molecule has 6 rings (SSSR count). The molecule has 0 bridgehead atoms. The number of pyridine rings is 1. The number of halogens is 2. The SMILES string of the molecule is C=C(F)C(=O)N1CCN(c2nc(OCC3CCCN3C)nc3c(F)c(-c4cccc5c4CCCC5)ncc23)CC1CC#N. The minimum absolute atomic E-state index is 0.00815. The summed E-state index contributed by atoms with van der Waals surface area (Å²) in [6.07, 6.45) is 7.66. The van der Waals surface area contributed by atoms with Crippen LogP contribution >= 0.6 is 0 Å². The Hall–Kier alpha value is -4.17. The first-order chi connectivity index (χ1) is 20.9. The second-order valence-corrected chi connectivity index (χ2v) is 11.6. The highest BCUT2D eigenvalue weighted by Crippen LogP contribution is 2.36. The topological polar surface area (TPSA) is 98.5 Å². The van der Waals surface area contributed by atoms with Crippen LogP contribution in [-0.2, 0) is 17.6 Å². The van der Waals surface area contributed by atoms with Crippen molar-refractivity contribution in [2.45, 2.75) is 57.0 Å². The van der Waals surface area contributed by atoms with Crippen LogP contribution in [0.15, 0.2) is 36.8 Å². The molecule has 2 saturated heterocycles. The van der Waals surface area contributed by atoms with Gasteiger partial charge in [-0.15, -0.1) is 0 Å². The molecule has 224 valence electrons. The fourth-order valence-corrected chi connectivity index (χ4v) is 6.63. The third kappa shape index (κ3) is 5.64. The number of carbonyl (C=O) groups is 1. The molecule has 1 aliphatic carbocycles. The summed E-state index contributed by atoms with van der Waals surface area (Å²) < 4.78 is 36.4. The van der Waals surface area contributed by atoms with Crippen LogP contribution in [0.3, 0.4) is 0 Å². The number of piperazine rings is 1. The largest absolute Gasteiger partial charge is 0.462 e. The summed E-state index contributed by atoms with van der Waals surface area (Å²) in [5.41, 5.74) is 3.48. The van der Waals surface area contributed by atoms with Crippen molar-refractivity contribution in [2.75, 3.05) is 44.7 Å². The maximum atomic E-state index is 16.5. The Bertz CT molecular complexity index is 1610. The summed E-state index contributed by atoms with van der Waals surface area (Å²) in [5, 5.41) is 9.86. The van der Waals surface area contributed by atoms with Gasteiger partial charge in [-0.25, -0.2) is 8.78 Å². The predicted octanol–water partition coefficient (Wildman–Crippen LogP) is 4.60. The van der Waals surface area contributed by atoms with E-state index < -0.39 is 23.6 Å². The van der Waals surface area contributed by atoms with Crippen molar-refractivity contribution in [3.8, 4) is 23.3 Å². The molecule has 9 nitrogen and oxygen atoms in total. The average Bonchev–Trinajstić information content (AvgIpc) is 3.44. The molecule has 2 fully saturated rings. The Morgan fingerprint density at radius 1 is 1.16 bits per heavy atom. The summed E-state index contributed by atoms with van der Waals surface area (Å²) >= 11 is 0. The number of carbonyl (C=O) groups excluding carboxylic acids is 1. The number of amides is 1. The van der Waals surface area contributed by atoms with Gasteiger partial charge in [0.15, 0.2) is 11.6 Å². The number of nitriles is 1. The highest BCUT2D eigenvalue weighted by atomic mass is 19.1. The molecular formula is C32H35F2N7O2. The van der Waals surface area contributed by atoms with E-state index in [1.807, 2.05) is 24.1 Å². The van der Waals surface area contributed by atoms with Gasteiger partial charge in [-0.2, -0.15) is 15.2 Å². The monoisotopic (exact) mass is 587 g/mol. The van der Waals surface area contributed by atoms with Gasteiger partial charge in [-0.05, 0) is 63.2 Å². The number of aryl methyl sites for hydroxylation is 1. The minimum Gasteiger partial charge on any atom is -0.462 e. The third-order valence-electron chi connectivity index (χ3n) is 8.97. The number of benzene rings is 1. The Balaban J connectivity index is 1.42. The first-order valence-corrected chi connectivity index (χ1v) is 14.9. The van der Waals surface area contributed by atoms with Crippen LogP contribution in [0.1, 0.15) is 43.2 Å². The molecule has 1 aromatic carbocycles. The zero-order chi connectivity index (χ0) is 30.1. The van der Waals surface area contributed by atoms with Gasteiger partial charge in [-0.3, -0.25) is 9.78 Å². The lowest BCUT2D eigenvalue weighted by molar-refractivity contribution is -0.131. The van der Waals surface area contributed by atoms with Gasteiger partial charge in [0.1, 0.15) is 23.6 Å². The summed E-state index contributed by atoms with van der Waals surface area (Å²) in [4.78, 5) is 31.8. The Labute approximate surface area is 249 Å². The van der Waals surface area contributed by atoms with Crippen LogP contribution in [0.25, 0.3) is 22.2 Å². The van der Waals surface area contributed by atoms with E-state index in [0.29, 0.717) is 17.8 Å². The second-order valence-electron chi connectivity index (χ2n) is 11.6. The fourth-order valence-electron chi connectivity index (χ4n) is 6.63. The molecule has 0 radical (unpaired) electrons. The van der Waals surface area contributed by atoms with Gasteiger partial charge in [0.05, 0.1) is 23.9 Å². The lowest BCUT2D eigenvalue weighted by Crippen LogP contribution is -2.55. The van der Waals surface area contributed by atoms with Crippen molar-refractivity contribution in [3.05, 3.63) is 53.7 Å². The zero-order valence-electron chi connectivity index (χ0n) is 24.4. The normalized spacial score (nSPS) is 20.6. The standard InChI is InChI=1S/C32H35F2N7O2/c1-20(33)31(42)41-16-15-40(18-22(41)12-13-35)30-26-17-36-28(25-11-5-8-21-7-3-4-10-24(21)25)27(34)29(26)37-32(38-30)43-19-23-9-6-14-39(23)2/h5,8,11,17,22-23H,1,3-4,6-7,9-10,12,14-16,18-19H2,2H3. The van der Waals surface area contributed by atoms with Gasteiger partial charge in [-0.1, -0.05) is 24.8 Å². The highest BCUT2D eigenvalue weighted by Gasteiger charge is 2.34. The van der Waals surface area contributed by atoms with E-state index in [2.05, 4.69) is 33.6 Å². The van der Waals surface area contributed by atoms with E-state index in [9.17, 15) is 14.4 Å². The number of aromatic nitrogens is 3. The van der Waals surface area contributed by atoms with E-state index >= 15 is 4.39 Å². The van der Waals surface area contributed by atoms with Crippen LogP contribution in [0, 0.1) is 17.1 Å². The van der Waals surface area contributed by atoms with Crippen molar-refractivity contribution < 1.29 is 18.3 Å². The maximum Gasteiger partial charge on any atom is 0.319 e. The number of hydrogen-bond acceptors (Lipinski definition) is 8. The molecule has 11 heteroatoms. The molecule has 0 N–H and O–H groups in total. The van der Waals surface area contributed by atoms with Gasteiger partial charge in [0, 0.05) is 37.4 Å². The number of likely N-dealkylation sites (tertiary alicyclic amines) is 1. The van der Waals surface area contributed by atoms with Gasteiger partial charge >= 0.3 is 6.01 Å². The molecule has 2 atom stereocenters. The van der Waals surface area contributed by atoms with Crippen LogP contribution < -0.4 is 9.64 Å². The van der Waals surface area contributed by atoms with Crippen LogP contribution in [0.5, 0.6) is 6.01 Å². The summed E-state index contributed by atoms with van der Waals surface area (Å²) in [6.45, 7) is 5.11. The Morgan fingerprint density at radius 2 is 2.00 bits per heavy atom. The number of anilines is 1. The van der Waals surface area contributed by atoms with Crippen molar-refractivity contribution in [1.82, 2.24) is 24.8 Å². The first kappa shape index (κ1) is 28.9. The third-order valence-corrected chi connectivity index (χ3v) is 8.97. The highest BCUT2D eigenvalue weighted by molar-refractivity contribution is 5.93. The number of hydrogen-bond donors (Lipinski definition) is 0. The number of likely N-dealkylation sites (N-methyl/N-ethyl adjacent to an activating group) is 1. The summed E-state index contributed by atoms with van der Waals surface area (Å²) in [7, 11) is 2.05. The molecule has 0 spiro atoms. The molecule has 3 aromatic rings. The molecule has 4 heterocycles. The van der Waals surface area contributed by atoms with Crippen molar-refractivity contribution >= 4 is 22.6 Å². The molecule has 1 amide bonds. The second kappa shape index (κ2) is 12.2. The molecule has 2 unspecified atom stereocenters. The van der Waals surface area contributed by atoms with Crippen molar-refractivity contribution in [2.24, 2.45) is 0 Å². The average molecular weight is 588 g/mol. The molecule has 43 heavy (non-hydrogen) atoms. The van der Waals surface area contributed by atoms with Crippen molar-refractivity contribution in [1.29, 1.82) is 5.26 Å². The van der Waals surface area contributed by atoms with E-state index in [1.54, 1.807) is 6.20 Å². The Morgan fingerprint density at radius 3 is 2.77 bits per heavy atom. The van der Waals surface area contributed by atoms with Crippen molar-refractivity contribution in [3.63, 3.8) is 0 Å². The Kier molecular flexibility index (Phi) is 8.21. The van der Waals surface area contributed by atoms with Crippen LogP contribution in [0.2, 0.25) is 0 Å². The lowest BCUT2D eigenvalue weighted by atomic mass is 9.87. The zero-order valence-corrected chi connectivity index (χ0v) is 24.4. The van der Waals surface area contributed by atoms with Gasteiger partial charge < -0.3 is 19.4 Å². The smallest absolute Gasteiger partial charge is 0.319 e.